The number of methoxy groups -OCH3 is 2. The molecule has 0 aromatic heterocycles. The van der Waals surface area contributed by atoms with E-state index >= 15 is 0 Å². The first-order valence-electron chi connectivity index (χ1n) is 7.26. The van der Waals surface area contributed by atoms with Crippen molar-refractivity contribution in [2.75, 3.05) is 26.1 Å². The lowest BCUT2D eigenvalue weighted by molar-refractivity contribution is -0.118. The van der Waals surface area contributed by atoms with Crippen LogP contribution in [0.2, 0.25) is 0 Å². The Morgan fingerprint density at radius 1 is 1.00 bits per heavy atom. The number of para-hydroxylation sites is 1. The SMILES string of the molecule is COc1ccc(NC(=O)COc2ccccc2C)c(OC)c1C. The molecule has 0 fully saturated rings. The lowest BCUT2D eigenvalue weighted by Crippen LogP contribution is -2.21. The smallest absolute Gasteiger partial charge is 0.262 e. The van der Waals surface area contributed by atoms with Gasteiger partial charge in [0.15, 0.2) is 6.61 Å². The number of anilines is 1. The molecule has 0 atom stereocenters. The number of hydrogen-bond donors (Lipinski definition) is 1. The number of benzene rings is 2. The van der Waals surface area contributed by atoms with Crippen LogP contribution in [0.15, 0.2) is 36.4 Å². The van der Waals surface area contributed by atoms with Crippen LogP contribution in [-0.4, -0.2) is 26.7 Å². The second-order valence-electron chi connectivity index (χ2n) is 5.08. The molecule has 2 rings (SSSR count). The number of hydrogen-bond acceptors (Lipinski definition) is 4. The first-order valence-corrected chi connectivity index (χ1v) is 7.26. The second kappa shape index (κ2) is 7.54. The average molecular weight is 315 g/mol. The summed E-state index contributed by atoms with van der Waals surface area (Å²) in [6.45, 7) is 3.74. The highest BCUT2D eigenvalue weighted by molar-refractivity contribution is 5.93. The van der Waals surface area contributed by atoms with Crippen molar-refractivity contribution in [3.8, 4) is 17.2 Å². The summed E-state index contributed by atoms with van der Waals surface area (Å²) in [6.07, 6.45) is 0. The Morgan fingerprint density at radius 2 is 1.74 bits per heavy atom. The molecule has 1 N–H and O–H groups in total. The number of nitrogens with one attached hydrogen (secondary N) is 1. The minimum absolute atomic E-state index is 0.0704. The Morgan fingerprint density at radius 3 is 2.39 bits per heavy atom. The standard InChI is InChI=1S/C18H21NO4/c1-12-7-5-6-8-15(12)23-11-17(20)19-14-9-10-16(21-3)13(2)18(14)22-4/h5-10H,11H2,1-4H3,(H,19,20). The number of aryl methyl sites for hydroxylation is 1. The predicted molar refractivity (Wildman–Crippen MR) is 89.6 cm³/mol. The molecule has 122 valence electrons. The molecule has 0 radical (unpaired) electrons. The van der Waals surface area contributed by atoms with Gasteiger partial charge in [-0.1, -0.05) is 18.2 Å². The van der Waals surface area contributed by atoms with Crippen LogP contribution in [0, 0.1) is 13.8 Å². The molecular weight excluding hydrogens is 294 g/mol. The zero-order chi connectivity index (χ0) is 16.8. The van der Waals surface area contributed by atoms with E-state index in [0.717, 1.165) is 11.1 Å². The molecule has 0 bridgehead atoms. The Hall–Kier alpha value is -2.69. The zero-order valence-electron chi connectivity index (χ0n) is 13.8. The van der Waals surface area contributed by atoms with Crippen LogP contribution < -0.4 is 19.5 Å². The van der Waals surface area contributed by atoms with Gasteiger partial charge in [-0.15, -0.1) is 0 Å². The van der Waals surface area contributed by atoms with Gasteiger partial charge in [-0.25, -0.2) is 0 Å². The van der Waals surface area contributed by atoms with Crippen LogP contribution in [0.4, 0.5) is 5.69 Å². The first kappa shape index (κ1) is 16.7. The molecule has 0 aliphatic rings. The molecule has 0 unspecified atom stereocenters. The highest BCUT2D eigenvalue weighted by Crippen LogP contribution is 2.34. The van der Waals surface area contributed by atoms with Gasteiger partial charge >= 0.3 is 0 Å². The summed E-state index contributed by atoms with van der Waals surface area (Å²) in [4.78, 5) is 12.1. The van der Waals surface area contributed by atoms with E-state index in [-0.39, 0.29) is 12.5 Å². The van der Waals surface area contributed by atoms with E-state index in [0.29, 0.717) is 22.9 Å². The Bertz CT molecular complexity index is 697. The van der Waals surface area contributed by atoms with E-state index in [1.165, 1.54) is 0 Å². The molecule has 2 aromatic carbocycles. The third-order valence-corrected chi connectivity index (χ3v) is 3.51. The molecule has 0 spiro atoms. The monoisotopic (exact) mass is 315 g/mol. The van der Waals surface area contributed by atoms with E-state index in [9.17, 15) is 4.79 Å². The van der Waals surface area contributed by atoms with Crippen LogP contribution in [0.5, 0.6) is 17.2 Å². The van der Waals surface area contributed by atoms with Crippen LogP contribution >= 0.6 is 0 Å². The van der Waals surface area contributed by atoms with Gasteiger partial charge in [0.25, 0.3) is 5.91 Å². The summed E-state index contributed by atoms with van der Waals surface area (Å²) in [6, 6.07) is 11.1. The molecule has 5 heteroatoms. The van der Waals surface area contributed by atoms with Gasteiger partial charge in [-0.2, -0.15) is 0 Å². The van der Waals surface area contributed by atoms with Crippen molar-refractivity contribution >= 4 is 11.6 Å². The average Bonchev–Trinajstić information content (AvgIpc) is 2.54. The molecule has 0 saturated carbocycles. The highest BCUT2D eigenvalue weighted by atomic mass is 16.5. The third-order valence-electron chi connectivity index (χ3n) is 3.51. The van der Waals surface area contributed by atoms with Gasteiger partial charge in [0.1, 0.15) is 17.2 Å². The summed E-state index contributed by atoms with van der Waals surface area (Å²) < 4.78 is 16.2. The van der Waals surface area contributed by atoms with Crippen molar-refractivity contribution in [1.82, 2.24) is 0 Å². The fourth-order valence-corrected chi connectivity index (χ4v) is 2.30. The Balaban J connectivity index is 2.06. The number of carbonyl (C=O) groups is 1. The molecule has 0 aliphatic heterocycles. The lowest BCUT2D eigenvalue weighted by Gasteiger charge is -2.15. The van der Waals surface area contributed by atoms with Crippen molar-refractivity contribution in [3.63, 3.8) is 0 Å². The summed E-state index contributed by atoms with van der Waals surface area (Å²) in [5.41, 5.74) is 2.40. The van der Waals surface area contributed by atoms with Crippen molar-refractivity contribution in [2.45, 2.75) is 13.8 Å². The molecule has 0 heterocycles. The minimum atomic E-state index is -0.254. The Labute approximate surface area is 136 Å². The summed E-state index contributed by atoms with van der Waals surface area (Å²) >= 11 is 0. The third kappa shape index (κ3) is 3.94. The maximum atomic E-state index is 12.1. The molecule has 0 saturated heterocycles. The summed E-state index contributed by atoms with van der Waals surface area (Å²) in [5, 5.41) is 2.80. The molecule has 23 heavy (non-hydrogen) atoms. The van der Waals surface area contributed by atoms with Gasteiger partial charge < -0.3 is 19.5 Å². The summed E-state index contributed by atoms with van der Waals surface area (Å²) in [5.74, 6) is 1.72. The maximum Gasteiger partial charge on any atom is 0.262 e. The minimum Gasteiger partial charge on any atom is -0.496 e. The van der Waals surface area contributed by atoms with Gasteiger partial charge in [-0.05, 0) is 37.6 Å². The Kier molecular flexibility index (Phi) is 5.46. The fourth-order valence-electron chi connectivity index (χ4n) is 2.30. The highest BCUT2D eigenvalue weighted by Gasteiger charge is 2.14. The maximum absolute atomic E-state index is 12.1. The first-order chi connectivity index (χ1) is 11.1. The molecule has 1 amide bonds. The largest absolute Gasteiger partial charge is 0.496 e. The van der Waals surface area contributed by atoms with Crippen molar-refractivity contribution in [2.24, 2.45) is 0 Å². The van der Waals surface area contributed by atoms with Gasteiger partial charge in [0.05, 0.1) is 19.9 Å². The zero-order valence-corrected chi connectivity index (χ0v) is 13.8. The predicted octanol–water partition coefficient (Wildman–Crippen LogP) is 3.34. The van der Waals surface area contributed by atoms with Gasteiger partial charge in [0.2, 0.25) is 0 Å². The summed E-state index contributed by atoms with van der Waals surface area (Å²) in [7, 11) is 3.15. The van der Waals surface area contributed by atoms with E-state index in [1.807, 2.05) is 38.1 Å². The molecule has 5 nitrogen and oxygen atoms in total. The topological polar surface area (TPSA) is 56.8 Å². The second-order valence-corrected chi connectivity index (χ2v) is 5.08. The number of amides is 1. The number of rotatable bonds is 6. The van der Waals surface area contributed by atoms with Gasteiger partial charge in [0, 0.05) is 5.56 Å². The number of carbonyl (C=O) groups excluding carboxylic acids is 1. The molecular formula is C18H21NO4. The van der Waals surface area contributed by atoms with Crippen LogP contribution in [-0.2, 0) is 4.79 Å². The van der Waals surface area contributed by atoms with Crippen LogP contribution in [0.3, 0.4) is 0 Å². The van der Waals surface area contributed by atoms with E-state index in [2.05, 4.69) is 5.32 Å². The quantitative estimate of drug-likeness (QED) is 0.888. The van der Waals surface area contributed by atoms with Gasteiger partial charge in [-0.3, -0.25) is 4.79 Å². The van der Waals surface area contributed by atoms with E-state index < -0.39 is 0 Å². The normalized spacial score (nSPS) is 10.1. The van der Waals surface area contributed by atoms with E-state index in [1.54, 1.807) is 26.4 Å². The number of ether oxygens (including phenoxy) is 3. The molecule has 0 aliphatic carbocycles. The van der Waals surface area contributed by atoms with Crippen molar-refractivity contribution < 1.29 is 19.0 Å². The van der Waals surface area contributed by atoms with Crippen LogP contribution in [0.1, 0.15) is 11.1 Å². The molecule has 2 aromatic rings. The fraction of sp³-hybridized carbons (Fsp3) is 0.278. The lowest BCUT2D eigenvalue weighted by atomic mass is 10.1. The van der Waals surface area contributed by atoms with E-state index in [4.69, 9.17) is 14.2 Å². The van der Waals surface area contributed by atoms with Crippen molar-refractivity contribution in [1.29, 1.82) is 0 Å². The van der Waals surface area contributed by atoms with Crippen molar-refractivity contribution in [3.05, 3.63) is 47.5 Å². The van der Waals surface area contributed by atoms with Crippen LogP contribution in [0.25, 0.3) is 0 Å².